The fourth-order valence-electron chi connectivity index (χ4n) is 3.46. The monoisotopic (exact) mass is 409 g/mol. The van der Waals surface area contributed by atoms with Crippen LogP contribution in [0.1, 0.15) is 33.6 Å². The predicted molar refractivity (Wildman–Crippen MR) is 114 cm³/mol. The molecule has 0 aliphatic carbocycles. The molecule has 2 aromatic carbocycles. The Kier molecular flexibility index (Phi) is 5.53. The quantitative estimate of drug-likeness (QED) is 0.632. The molecule has 158 valence electrons. The van der Waals surface area contributed by atoms with E-state index in [1.165, 1.54) is 0 Å². The second-order valence-electron chi connectivity index (χ2n) is 8.41. The molecular formula is C23H27N3O4. The van der Waals surface area contributed by atoms with Crippen LogP contribution in [0.15, 0.2) is 48.5 Å². The van der Waals surface area contributed by atoms with E-state index in [0.717, 1.165) is 29.6 Å². The van der Waals surface area contributed by atoms with Gasteiger partial charge in [0.2, 0.25) is 0 Å². The van der Waals surface area contributed by atoms with Crippen molar-refractivity contribution in [3.63, 3.8) is 0 Å². The number of nitrogens with one attached hydrogen (secondary N) is 1. The van der Waals surface area contributed by atoms with Crippen molar-refractivity contribution in [3.8, 4) is 17.5 Å². The lowest BCUT2D eigenvalue weighted by molar-refractivity contribution is 0.0187. The van der Waals surface area contributed by atoms with Crippen LogP contribution in [0.2, 0.25) is 0 Å². The zero-order chi connectivity index (χ0) is 21.1. The van der Waals surface area contributed by atoms with Crippen LogP contribution in [0, 0.1) is 0 Å². The first-order valence-corrected chi connectivity index (χ1v) is 10.2. The molecule has 1 atom stereocenters. The molecule has 3 aromatic rings. The third-order valence-electron chi connectivity index (χ3n) is 4.85. The number of aromatic nitrogens is 2. The van der Waals surface area contributed by atoms with Gasteiger partial charge in [-0.15, -0.1) is 0 Å². The average Bonchev–Trinajstić information content (AvgIpc) is 3.32. The maximum absolute atomic E-state index is 12.4. The van der Waals surface area contributed by atoms with Crippen LogP contribution in [-0.4, -0.2) is 45.8 Å². The largest absolute Gasteiger partial charge is 0.491 e. The van der Waals surface area contributed by atoms with Crippen molar-refractivity contribution in [1.82, 2.24) is 14.9 Å². The van der Waals surface area contributed by atoms with Gasteiger partial charge in [-0.05, 0) is 70.0 Å². The second kappa shape index (κ2) is 8.26. The molecule has 4 rings (SSSR count). The van der Waals surface area contributed by atoms with Crippen molar-refractivity contribution in [2.45, 2.75) is 45.3 Å². The van der Waals surface area contributed by atoms with Crippen LogP contribution < -0.4 is 9.47 Å². The Morgan fingerprint density at radius 2 is 1.87 bits per heavy atom. The van der Waals surface area contributed by atoms with Crippen LogP contribution in [0.5, 0.6) is 17.5 Å². The number of fused-ring (bicyclic) bond motifs is 1. The number of benzene rings is 2. The number of aromatic amines is 1. The number of rotatable bonds is 5. The zero-order valence-electron chi connectivity index (χ0n) is 17.6. The average molecular weight is 409 g/mol. The lowest BCUT2D eigenvalue weighted by Crippen LogP contribution is -2.42. The van der Waals surface area contributed by atoms with Gasteiger partial charge in [-0.3, -0.25) is 0 Å². The van der Waals surface area contributed by atoms with E-state index in [1.54, 1.807) is 4.90 Å². The highest BCUT2D eigenvalue weighted by atomic mass is 16.6. The number of amides is 1. The van der Waals surface area contributed by atoms with Gasteiger partial charge in [-0.25, -0.2) is 4.79 Å². The summed E-state index contributed by atoms with van der Waals surface area (Å²) in [6.45, 7) is 6.76. The third-order valence-corrected chi connectivity index (χ3v) is 4.85. The van der Waals surface area contributed by atoms with Crippen molar-refractivity contribution in [3.05, 3.63) is 48.5 Å². The molecule has 1 aliphatic heterocycles. The maximum atomic E-state index is 12.4. The molecule has 30 heavy (non-hydrogen) atoms. The standard InChI is InChI=1S/C23H27N3O4/c1-23(2,3)30-22(27)26-14-6-7-16(26)15-28-17-10-12-18(13-11-17)29-21-24-19-8-4-5-9-20(19)25-21/h4-5,8-13,16H,6-7,14-15H2,1-3H3,(H,24,25). The molecule has 1 amide bonds. The Balaban J connectivity index is 1.32. The summed E-state index contributed by atoms with van der Waals surface area (Å²) < 4.78 is 17.2. The van der Waals surface area contributed by atoms with Crippen molar-refractivity contribution < 1.29 is 19.0 Å². The summed E-state index contributed by atoms with van der Waals surface area (Å²) in [5.41, 5.74) is 1.29. The normalized spacial score (nSPS) is 16.6. The summed E-state index contributed by atoms with van der Waals surface area (Å²) in [6, 6.07) is 15.6. The first-order valence-electron chi connectivity index (χ1n) is 10.2. The predicted octanol–water partition coefficient (Wildman–Crippen LogP) is 5.13. The van der Waals surface area contributed by atoms with Gasteiger partial charge in [0.15, 0.2) is 0 Å². The molecule has 1 N–H and O–H groups in total. The van der Waals surface area contributed by atoms with E-state index < -0.39 is 5.60 Å². The molecule has 2 heterocycles. The molecule has 7 nitrogen and oxygen atoms in total. The fourth-order valence-corrected chi connectivity index (χ4v) is 3.46. The number of ether oxygens (including phenoxy) is 3. The van der Waals surface area contributed by atoms with E-state index in [1.807, 2.05) is 69.3 Å². The number of hydrogen-bond donors (Lipinski definition) is 1. The molecule has 0 spiro atoms. The number of likely N-dealkylation sites (tertiary alicyclic amines) is 1. The van der Waals surface area contributed by atoms with Gasteiger partial charge in [0.05, 0.1) is 17.1 Å². The smallest absolute Gasteiger partial charge is 0.410 e. The van der Waals surface area contributed by atoms with Crippen LogP contribution in [0.4, 0.5) is 4.79 Å². The Morgan fingerprint density at radius 1 is 1.13 bits per heavy atom. The van der Waals surface area contributed by atoms with Crippen molar-refractivity contribution >= 4 is 17.1 Å². The Labute approximate surface area is 176 Å². The lowest BCUT2D eigenvalue weighted by atomic mass is 10.2. The minimum Gasteiger partial charge on any atom is -0.491 e. The number of carbonyl (C=O) groups excluding carboxylic acids is 1. The van der Waals surface area contributed by atoms with Gasteiger partial charge in [-0.1, -0.05) is 12.1 Å². The highest BCUT2D eigenvalue weighted by Crippen LogP contribution is 2.25. The highest BCUT2D eigenvalue weighted by molar-refractivity contribution is 5.75. The highest BCUT2D eigenvalue weighted by Gasteiger charge is 2.32. The molecule has 0 bridgehead atoms. The van der Waals surface area contributed by atoms with Crippen molar-refractivity contribution in [2.24, 2.45) is 0 Å². The van der Waals surface area contributed by atoms with Crippen LogP contribution >= 0.6 is 0 Å². The number of H-pyrrole nitrogens is 1. The Morgan fingerprint density at radius 3 is 2.60 bits per heavy atom. The lowest BCUT2D eigenvalue weighted by Gasteiger charge is -2.28. The number of imidazole rings is 1. The third kappa shape index (κ3) is 4.84. The first kappa shape index (κ1) is 20.1. The molecule has 0 radical (unpaired) electrons. The number of hydrogen-bond acceptors (Lipinski definition) is 5. The second-order valence-corrected chi connectivity index (χ2v) is 8.41. The summed E-state index contributed by atoms with van der Waals surface area (Å²) in [6.07, 6.45) is 1.59. The van der Waals surface area contributed by atoms with E-state index in [0.29, 0.717) is 24.9 Å². The number of para-hydroxylation sites is 2. The van der Waals surface area contributed by atoms with E-state index >= 15 is 0 Å². The molecule has 1 saturated heterocycles. The van der Waals surface area contributed by atoms with Crippen molar-refractivity contribution in [1.29, 1.82) is 0 Å². The molecular weight excluding hydrogens is 382 g/mol. The molecule has 1 aliphatic rings. The molecule has 0 saturated carbocycles. The van der Waals surface area contributed by atoms with E-state index in [2.05, 4.69) is 9.97 Å². The first-order chi connectivity index (χ1) is 14.4. The molecule has 1 unspecified atom stereocenters. The molecule has 7 heteroatoms. The summed E-state index contributed by atoms with van der Waals surface area (Å²) in [5, 5.41) is 0. The van der Waals surface area contributed by atoms with Gasteiger partial charge in [-0.2, -0.15) is 4.98 Å². The SMILES string of the molecule is CC(C)(C)OC(=O)N1CCCC1COc1ccc(Oc2nc3ccccc3[nH]2)cc1. The van der Waals surface area contributed by atoms with E-state index in [9.17, 15) is 4.79 Å². The fraction of sp³-hybridized carbons (Fsp3) is 0.391. The Bertz CT molecular complexity index is 974. The molecule has 1 fully saturated rings. The summed E-state index contributed by atoms with van der Waals surface area (Å²) in [7, 11) is 0. The number of carbonyl (C=O) groups is 1. The van der Waals surface area contributed by atoms with Crippen LogP contribution in [0.3, 0.4) is 0 Å². The minimum atomic E-state index is -0.499. The van der Waals surface area contributed by atoms with E-state index in [-0.39, 0.29) is 12.1 Å². The van der Waals surface area contributed by atoms with Crippen LogP contribution in [-0.2, 0) is 4.74 Å². The van der Waals surface area contributed by atoms with E-state index in [4.69, 9.17) is 14.2 Å². The van der Waals surface area contributed by atoms with Gasteiger partial charge in [0.1, 0.15) is 23.7 Å². The summed E-state index contributed by atoms with van der Waals surface area (Å²) in [4.78, 5) is 21.7. The van der Waals surface area contributed by atoms with Crippen LogP contribution in [0.25, 0.3) is 11.0 Å². The van der Waals surface area contributed by atoms with Gasteiger partial charge >= 0.3 is 6.09 Å². The van der Waals surface area contributed by atoms with Crippen molar-refractivity contribution in [2.75, 3.05) is 13.2 Å². The minimum absolute atomic E-state index is 0.0197. The summed E-state index contributed by atoms with van der Waals surface area (Å²) >= 11 is 0. The topological polar surface area (TPSA) is 76.7 Å². The van der Waals surface area contributed by atoms with Gasteiger partial charge in [0.25, 0.3) is 6.01 Å². The zero-order valence-corrected chi connectivity index (χ0v) is 17.6. The summed E-state index contributed by atoms with van der Waals surface area (Å²) in [5.74, 6) is 1.39. The molecule has 1 aromatic heterocycles. The maximum Gasteiger partial charge on any atom is 0.410 e. The van der Waals surface area contributed by atoms with Gasteiger partial charge < -0.3 is 24.1 Å². The van der Waals surface area contributed by atoms with Gasteiger partial charge in [0, 0.05) is 6.54 Å². The number of nitrogens with zero attached hydrogens (tertiary/aromatic N) is 2. The Hall–Kier alpha value is -3.22.